The first-order valence-electron chi connectivity index (χ1n) is 7.42. The van der Waals surface area contributed by atoms with Gasteiger partial charge in [-0.1, -0.05) is 35.9 Å². The highest BCUT2D eigenvalue weighted by Crippen LogP contribution is 2.30. The third-order valence-corrected chi connectivity index (χ3v) is 3.90. The van der Waals surface area contributed by atoms with Crippen LogP contribution in [0.25, 0.3) is 0 Å². The standard InChI is InChI=1S/C17H21NO5/c1-11(2)8-13-14(19)9-18(15(13)16(20)21)17(22)23-10-12-6-4-3-5-7-12/h3-7,13-15,19H,1,8-10H2,2H3,(H,20,21)/t13?,14-,15-/m0/s1. The van der Waals surface area contributed by atoms with Crippen LogP contribution < -0.4 is 0 Å². The Bertz CT molecular complexity index is 586. The van der Waals surface area contributed by atoms with Crippen molar-refractivity contribution in [3.05, 3.63) is 48.0 Å². The largest absolute Gasteiger partial charge is 0.480 e. The van der Waals surface area contributed by atoms with Gasteiger partial charge in [0.15, 0.2) is 0 Å². The van der Waals surface area contributed by atoms with Gasteiger partial charge >= 0.3 is 12.1 Å². The zero-order chi connectivity index (χ0) is 17.0. The summed E-state index contributed by atoms with van der Waals surface area (Å²) in [7, 11) is 0. The lowest BCUT2D eigenvalue weighted by atomic mass is 9.91. The molecule has 0 spiro atoms. The zero-order valence-corrected chi connectivity index (χ0v) is 13.0. The van der Waals surface area contributed by atoms with Gasteiger partial charge in [0.2, 0.25) is 0 Å². The van der Waals surface area contributed by atoms with E-state index in [9.17, 15) is 19.8 Å². The number of likely N-dealkylation sites (tertiary alicyclic amines) is 1. The van der Waals surface area contributed by atoms with E-state index >= 15 is 0 Å². The van der Waals surface area contributed by atoms with Crippen molar-refractivity contribution in [3.8, 4) is 0 Å². The van der Waals surface area contributed by atoms with Crippen LogP contribution in [0.3, 0.4) is 0 Å². The molecule has 3 atom stereocenters. The lowest BCUT2D eigenvalue weighted by Crippen LogP contribution is -2.43. The Morgan fingerprint density at radius 3 is 2.57 bits per heavy atom. The quantitative estimate of drug-likeness (QED) is 0.811. The van der Waals surface area contributed by atoms with E-state index in [1.54, 1.807) is 6.92 Å². The maximum Gasteiger partial charge on any atom is 0.410 e. The van der Waals surface area contributed by atoms with Gasteiger partial charge in [-0.05, 0) is 18.9 Å². The van der Waals surface area contributed by atoms with Crippen LogP contribution in [0.15, 0.2) is 42.5 Å². The Labute approximate surface area is 135 Å². The fourth-order valence-corrected chi connectivity index (χ4v) is 2.85. The number of amides is 1. The highest BCUT2D eigenvalue weighted by Gasteiger charge is 2.47. The highest BCUT2D eigenvalue weighted by atomic mass is 16.6. The molecule has 1 heterocycles. The number of aliphatic hydroxyl groups is 1. The van der Waals surface area contributed by atoms with E-state index < -0.39 is 30.1 Å². The van der Waals surface area contributed by atoms with E-state index in [0.717, 1.165) is 16.0 Å². The summed E-state index contributed by atoms with van der Waals surface area (Å²) in [6.45, 7) is 5.53. The highest BCUT2D eigenvalue weighted by molar-refractivity contribution is 5.81. The normalized spacial score (nSPS) is 23.6. The number of carboxylic acids is 1. The van der Waals surface area contributed by atoms with Gasteiger partial charge in [0.05, 0.1) is 12.6 Å². The third kappa shape index (κ3) is 4.10. The molecule has 6 nitrogen and oxygen atoms in total. The first-order valence-corrected chi connectivity index (χ1v) is 7.42. The average molecular weight is 319 g/mol. The maximum atomic E-state index is 12.2. The molecule has 1 saturated heterocycles. The van der Waals surface area contributed by atoms with Crippen LogP contribution >= 0.6 is 0 Å². The summed E-state index contributed by atoms with van der Waals surface area (Å²) in [6.07, 6.45) is -1.29. The lowest BCUT2D eigenvalue weighted by molar-refractivity contribution is -0.143. The van der Waals surface area contributed by atoms with Crippen molar-refractivity contribution in [1.82, 2.24) is 4.90 Å². The van der Waals surface area contributed by atoms with E-state index in [-0.39, 0.29) is 13.2 Å². The number of hydrogen-bond donors (Lipinski definition) is 2. The van der Waals surface area contributed by atoms with Crippen molar-refractivity contribution >= 4 is 12.1 Å². The van der Waals surface area contributed by atoms with Crippen LogP contribution in [0.2, 0.25) is 0 Å². The maximum absolute atomic E-state index is 12.2. The van der Waals surface area contributed by atoms with Crippen LogP contribution in [0.5, 0.6) is 0 Å². The molecule has 1 fully saturated rings. The van der Waals surface area contributed by atoms with E-state index in [0.29, 0.717) is 6.42 Å². The molecule has 1 aromatic rings. The first kappa shape index (κ1) is 17.0. The fourth-order valence-electron chi connectivity index (χ4n) is 2.85. The first-order chi connectivity index (χ1) is 10.9. The number of aliphatic carboxylic acids is 1. The van der Waals surface area contributed by atoms with Crippen molar-refractivity contribution in [2.75, 3.05) is 6.54 Å². The molecule has 0 aromatic heterocycles. The molecule has 0 radical (unpaired) electrons. The SMILES string of the molecule is C=C(C)CC1[C@@H](C(=O)O)N(C(=O)OCc2ccccc2)C[C@@H]1O. The number of benzene rings is 1. The molecule has 0 bridgehead atoms. The monoisotopic (exact) mass is 319 g/mol. The summed E-state index contributed by atoms with van der Waals surface area (Å²) in [4.78, 5) is 24.8. The van der Waals surface area contributed by atoms with Gasteiger partial charge in [0.1, 0.15) is 12.6 Å². The summed E-state index contributed by atoms with van der Waals surface area (Å²) < 4.78 is 5.18. The van der Waals surface area contributed by atoms with Gasteiger partial charge < -0.3 is 14.9 Å². The Morgan fingerprint density at radius 1 is 1.35 bits per heavy atom. The van der Waals surface area contributed by atoms with Gasteiger partial charge in [-0.2, -0.15) is 0 Å². The molecule has 0 aliphatic carbocycles. The van der Waals surface area contributed by atoms with Gasteiger partial charge in [0.25, 0.3) is 0 Å². The molecule has 1 amide bonds. The van der Waals surface area contributed by atoms with Crippen molar-refractivity contribution in [2.45, 2.75) is 32.1 Å². The predicted octanol–water partition coefficient (Wildman–Crippen LogP) is 2.04. The topological polar surface area (TPSA) is 87.1 Å². The average Bonchev–Trinajstić information content (AvgIpc) is 2.82. The van der Waals surface area contributed by atoms with Gasteiger partial charge in [-0.15, -0.1) is 6.58 Å². The van der Waals surface area contributed by atoms with E-state index in [4.69, 9.17) is 4.74 Å². The smallest absolute Gasteiger partial charge is 0.410 e. The number of carbonyl (C=O) groups is 2. The summed E-state index contributed by atoms with van der Waals surface area (Å²) in [5, 5.41) is 19.5. The zero-order valence-electron chi connectivity index (χ0n) is 13.0. The summed E-state index contributed by atoms with van der Waals surface area (Å²) in [6, 6.07) is 8.02. The van der Waals surface area contributed by atoms with Crippen LogP contribution in [0, 0.1) is 5.92 Å². The van der Waals surface area contributed by atoms with E-state index in [2.05, 4.69) is 6.58 Å². The Kier molecular flexibility index (Phi) is 5.39. The molecule has 1 aromatic carbocycles. The second-order valence-corrected chi connectivity index (χ2v) is 5.87. The third-order valence-electron chi connectivity index (χ3n) is 3.90. The second kappa shape index (κ2) is 7.28. The number of carboxylic acid groups (broad SMARTS) is 1. The summed E-state index contributed by atoms with van der Waals surface area (Å²) in [5.41, 5.74) is 1.57. The number of rotatable bonds is 5. The molecule has 23 heavy (non-hydrogen) atoms. The molecule has 1 aliphatic rings. The van der Waals surface area contributed by atoms with Crippen LogP contribution in [0.4, 0.5) is 4.79 Å². The molecule has 2 N–H and O–H groups in total. The van der Waals surface area contributed by atoms with Gasteiger partial charge in [0, 0.05) is 5.92 Å². The van der Waals surface area contributed by atoms with E-state index in [1.807, 2.05) is 30.3 Å². The van der Waals surface area contributed by atoms with E-state index in [1.165, 1.54) is 0 Å². The molecule has 6 heteroatoms. The van der Waals surface area contributed by atoms with Crippen molar-refractivity contribution < 1.29 is 24.5 Å². The number of allylic oxidation sites excluding steroid dienone is 1. The molecular formula is C17H21NO5. The number of β-amino-alcohol motifs (C(OH)–C–C–N with tert-alkyl or cyclic N) is 1. The van der Waals surface area contributed by atoms with Crippen molar-refractivity contribution in [2.24, 2.45) is 5.92 Å². The molecular weight excluding hydrogens is 298 g/mol. The minimum Gasteiger partial charge on any atom is -0.480 e. The number of ether oxygens (including phenoxy) is 1. The van der Waals surface area contributed by atoms with Crippen molar-refractivity contribution in [1.29, 1.82) is 0 Å². The minimum atomic E-state index is -1.15. The minimum absolute atomic E-state index is 0.0530. The number of aliphatic hydroxyl groups excluding tert-OH is 1. The van der Waals surface area contributed by atoms with Crippen LogP contribution in [-0.4, -0.2) is 45.9 Å². The van der Waals surface area contributed by atoms with Crippen LogP contribution in [-0.2, 0) is 16.1 Å². The number of carbonyl (C=O) groups excluding carboxylic acids is 1. The Balaban J connectivity index is 2.06. The van der Waals surface area contributed by atoms with Gasteiger partial charge in [-0.3, -0.25) is 4.90 Å². The lowest BCUT2D eigenvalue weighted by Gasteiger charge is -2.24. The summed E-state index contributed by atoms with van der Waals surface area (Å²) in [5.74, 6) is -1.72. The van der Waals surface area contributed by atoms with Crippen molar-refractivity contribution in [3.63, 3.8) is 0 Å². The molecule has 0 saturated carbocycles. The van der Waals surface area contributed by atoms with Crippen LogP contribution in [0.1, 0.15) is 18.9 Å². The Morgan fingerprint density at radius 2 is 2.00 bits per heavy atom. The second-order valence-electron chi connectivity index (χ2n) is 5.87. The number of nitrogens with zero attached hydrogens (tertiary/aromatic N) is 1. The Hall–Kier alpha value is -2.34. The molecule has 124 valence electrons. The molecule has 1 unspecified atom stereocenters. The number of hydrogen-bond acceptors (Lipinski definition) is 4. The fraction of sp³-hybridized carbons (Fsp3) is 0.412. The molecule has 1 aliphatic heterocycles. The van der Waals surface area contributed by atoms with Gasteiger partial charge in [-0.25, -0.2) is 9.59 Å². The molecule has 2 rings (SSSR count). The predicted molar refractivity (Wildman–Crippen MR) is 83.7 cm³/mol. The summed E-state index contributed by atoms with van der Waals surface area (Å²) >= 11 is 0.